The molecule has 12 nitrogen and oxygen atoms in total. The summed E-state index contributed by atoms with van der Waals surface area (Å²) in [7, 11) is 0. The van der Waals surface area contributed by atoms with Crippen LogP contribution in [0, 0.1) is 5.92 Å². The van der Waals surface area contributed by atoms with Gasteiger partial charge in [0.05, 0.1) is 0 Å². The molecule has 1 aromatic carbocycles. The molecule has 3 aromatic rings. The molecule has 2 aromatic heterocycles. The monoisotopic (exact) mass is 575 g/mol. The van der Waals surface area contributed by atoms with E-state index in [0.717, 1.165) is 36.1 Å². The van der Waals surface area contributed by atoms with Crippen molar-refractivity contribution in [3.05, 3.63) is 70.7 Å². The van der Waals surface area contributed by atoms with Crippen LogP contribution in [-0.2, 0) is 28.9 Å². The molecule has 4 amide bonds. The maximum atomic E-state index is 13.6. The molecule has 12 heteroatoms. The smallest absolute Gasteiger partial charge is 0.273 e. The van der Waals surface area contributed by atoms with Gasteiger partial charge in [-0.05, 0) is 50.0 Å². The van der Waals surface area contributed by atoms with Crippen molar-refractivity contribution in [2.24, 2.45) is 5.92 Å². The second kappa shape index (κ2) is 13.0. The van der Waals surface area contributed by atoms with Crippen molar-refractivity contribution in [1.82, 2.24) is 36.4 Å². The fourth-order valence-corrected chi connectivity index (χ4v) is 5.42. The minimum Gasteiger partial charge on any atom is -0.446 e. The lowest BCUT2D eigenvalue weighted by molar-refractivity contribution is -0.131. The molecular weight excluding hydrogens is 538 g/mol. The first kappa shape index (κ1) is 29.0. The van der Waals surface area contributed by atoms with Crippen LogP contribution in [0.1, 0.15) is 89.3 Å². The Morgan fingerprint density at radius 2 is 1.86 bits per heavy atom. The Kier molecular flexibility index (Phi) is 8.99. The summed E-state index contributed by atoms with van der Waals surface area (Å²) >= 11 is 0. The van der Waals surface area contributed by atoms with Gasteiger partial charge >= 0.3 is 0 Å². The molecule has 3 heterocycles. The topological polar surface area (TPSA) is 171 Å². The summed E-state index contributed by atoms with van der Waals surface area (Å²) in [6.07, 6.45) is 5.62. The SMILES string of the molecule is CC(C)[C@@H]1NC(=O)[C@@H](NC(=O)c2n[nH]c3c2CCC3)CCCCNC(=O)c2coc(n2)[C@@H](Cc2ccccc2)NC1=O. The molecule has 1 aliphatic heterocycles. The van der Waals surface area contributed by atoms with Crippen LogP contribution in [0.2, 0.25) is 0 Å². The van der Waals surface area contributed by atoms with E-state index in [4.69, 9.17) is 4.42 Å². The maximum absolute atomic E-state index is 13.6. The van der Waals surface area contributed by atoms with Gasteiger partial charge in [0, 0.05) is 24.2 Å². The van der Waals surface area contributed by atoms with Crippen molar-refractivity contribution < 1.29 is 23.6 Å². The number of rotatable bonds is 5. The molecule has 5 N–H and O–H groups in total. The van der Waals surface area contributed by atoms with Crippen molar-refractivity contribution in [3.63, 3.8) is 0 Å². The van der Waals surface area contributed by atoms with E-state index in [9.17, 15) is 19.2 Å². The zero-order valence-corrected chi connectivity index (χ0v) is 23.9. The van der Waals surface area contributed by atoms with E-state index in [2.05, 4.69) is 36.4 Å². The number of benzene rings is 1. The standard InChI is InChI=1S/C30H37N7O5/c1-17(2)24-28(40)33-22(15-18-9-4-3-5-10-18)30-34-23(16-42-30)26(38)31-14-7-6-12-21(27(39)35-24)32-29(41)25-19-11-8-13-20(19)36-37-25/h3-5,9-10,16-17,21-22,24H,6-8,11-15H2,1-2H3,(H,31,38)(H,32,41)(H,33,40)(H,35,39)(H,36,37)/t21-,22+,24-/m0/s1. The molecule has 0 spiro atoms. The quantitative estimate of drug-likeness (QED) is 0.310. The van der Waals surface area contributed by atoms with Crippen LogP contribution < -0.4 is 21.3 Å². The molecule has 42 heavy (non-hydrogen) atoms. The van der Waals surface area contributed by atoms with E-state index in [-0.39, 0.29) is 17.5 Å². The molecule has 0 radical (unpaired) electrons. The highest BCUT2D eigenvalue weighted by atomic mass is 16.3. The number of oxazole rings is 1. The number of hydrogen-bond donors (Lipinski definition) is 5. The second-order valence-electron chi connectivity index (χ2n) is 11.2. The Bertz CT molecular complexity index is 1430. The Morgan fingerprint density at radius 3 is 2.64 bits per heavy atom. The Balaban J connectivity index is 1.39. The van der Waals surface area contributed by atoms with Gasteiger partial charge in [-0.2, -0.15) is 5.10 Å². The van der Waals surface area contributed by atoms with Crippen molar-refractivity contribution >= 4 is 23.6 Å². The first-order valence-electron chi connectivity index (χ1n) is 14.6. The lowest BCUT2D eigenvalue weighted by atomic mass is 10.00. The minimum absolute atomic E-state index is 0.120. The minimum atomic E-state index is -0.893. The number of hydrogen-bond acceptors (Lipinski definition) is 7. The summed E-state index contributed by atoms with van der Waals surface area (Å²) in [5, 5.41) is 18.6. The molecule has 5 rings (SSSR count). The number of nitrogens with zero attached hydrogens (tertiary/aromatic N) is 2. The molecular formula is C30H37N7O5. The summed E-state index contributed by atoms with van der Waals surface area (Å²) in [4.78, 5) is 57.6. The summed E-state index contributed by atoms with van der Waals surface area (Å²) < 4.78 is 5.66. The van der Waals surface area contributed by atoms with Gasteiger partial charge in [-0.1, -0.05) is 44.2 Å². The zero-order valence-electron chi connectivity index (χ0n) is 23.9. The van der Waals surface area contributed by atoms with Gasteiger partial charge in [0.2, 0.25) is 17.7 Å². The van der Waals surface area contributed by atoms with Crippen LogP contribution in [0.5, 0.6) is 0 Å². The lowest BCUT2D eigenvalue weighted by Crippen LogP contribution is -2.56. The number of amides is 4. The number of nitrogens with one attached hydrogen (secondary N) is 5. The van der Waals surface area contributed by atoms with Crippen molar-refractivity contribution in [2.45, 2.75) is 76.9 Å². The van der Waals surface area contributed by atoms with Gasteiger partial charge in [-0.3, -0.25) is 24.3 Å². The first-order chi connectivity index (χ1) is 20.3. The molecule has 0 fully saturated rings. The van der Waals surface area contributed by atoms with Crippen LogP contribution in [0.25, 0.3) is 0 Å². The maximum Gasteiger partial charge on any atom is 0.273 e. The Morgan fingerprint density at radius 1 is 1.05 bits per heavy atom. The highest BCUT2D eigenvalue weighted by Crippen LogP contribution is 2.23. The van der Waals surface area contributed by atoms with Crippen LogP contribution >= 0.6 is 0 Å². The van der Waals surface area contributed by atoms with Crippen molar-refractivity contribution in [2.75, 3.05) is 6.54 Å². The highest BCUT2D eigenvalue weighted by molar-refractivity contribution is 5.98. The van der Waals surface area contributed by atoms with E-state index >= 15 is 0 Å². The van der Waals surface area contributed by atoms with Gasteiger partial charge in [-0.25, -0.2) is 4.98 Å². The normalized spacial score (nSPS) is 21.8. The molecule has 1 aliphatic carbocycles. The number of carbonyl (C=O) groups excluding carboxylic acids is 4. The van der Waals surface area contributed by atoms with Crippen LogP contribution in [0.4, 0.5) is 0 Å². The Labute approximate surface area is 243 Å². The second-order valence-corrected chi connectivity index (χ2v) is 11.2. The lowest BCUT2D eigenvalue weighted by Gasteiger charge is -2.27. The van der Waals surface area contributed by atoms with Crippen LogP contribution in [-0.4, -0.2) is 57.4 Å². The molecule has 222 valence electrons. The third-order valence-electron chi connectivity index (χ3n) is 7.75. The van der Waals surface area contributed by atoms with E-state index in [1.54, 1.807) is 0 Å². The van der Waals surface area contributed by atoms with E-state index in [1.165, 1.54) is 6.26 Å². The summed E-state index contributed by atoms with van der Waals surface area (Å²) in [5.74, 6) is -1.78. The van der Waals surface area contributed by atoms with E-state index in [0.29, 0.717) is 37.9 Å². The molecule has 0 saturated heterocycles. The Hall–Kier alpha value is -4.48. The largest absolute Gasteiger partial charge is 0.446 e. The fourth-order valence-electron chi connectivity index (χ4n) is 5.42. The van der Waals surface area contributed by atoms with E-state index < -0.39 is 41.8 Å². The average Bonchev–Trinajstić information content (AvgIpc) is 3.72. The number of aromatic amines is 1. The van der Waals surface area contributed by atoms with Gasteiger partial charge in [-0.15, -0.1) is 0 Å². The van der Waals surface area contributed by atoms with Gasteiger partial charge in [0.1, 0.15) is 24.4 Å². The number of aryl methyl sites for hydroxylation is 1. The van der Waals surface area contributed by atoms with Gasteiger partial charge in [0.15, 0.2) is 11.4 Å². The fraction of sp³-hybridized carbons (Fsp3) is 0.467. The number of fused-ring (bicyclic) bond motifs is 3. The first-order valence-corrected chi connectivity index (χ1v) is 14.6. The molecule has 3 atom stereocenters. The molecule has 2 bridgehead atoms. The number of carbonyl (C=O) groups is 4. The molecule has 0 saturated carbocycles. The summed E-state index contributed by atoms with van der Waals surface area (Å²) in [6, 6.07) is 7.05. The van der Waals surface area contributed by atoms with Gasteiger partial charge < -0.3 is 25.7 Å². The number of H-pyrrole nitrogens is 1. The van der Waals surface area contributed by atoms with Crippen LogP contribution in [0.15, 0.2) is 41.0 Å². The summed E-state index contributed by atoms with van der Waals surface area (Å²) in [5.41, 5.74) is 3.20. The number of aromatic nitrogens is 3. The predicted octanol–water partition coefficient (Wildman–Crippen LogP) is 2.14. The predicted molar refractivity (Wildman–Crippen MR) is 152 cm³/mol. The van der Waals surface area contributed by atoms with Crippen molar-refractivity contribution in [3.8, 4) is 0 Å². The third kappa shape index (κ3) is 6.69. The van der Waals surface area contributed by atoms with E-state index in [1.807, 2.05) is 44.2 Å². The van der Waals surface area contributed by atoms with Crippen molar-refractivity contribution in [1.29, 1.82) is 0 Å². The molecule has 2 aliphatic rings. The zero-order chi connectivity index (χ0) is 29.6. The third-order valence-corrected chi connectivity index (χ3v) is 7.75. The highest BCUT2D eigenvalue weighted by Gasteiger charge is 2.33. The molecule has 0 unspecified atom stereocenters. The van der Waals surface area contributed by atoms with Gasteiger partial charge in [0.25, 0.3) is 11.8 Å². The van der Waals surface area contributed by atoms with Crippen LogP contribution in [0.3, 0.4) is 0 Å². The average molecular weight is 576 g/mol. The summed E-state index contributed by atoms with van der Waals surface area (Å²) in [6.45, 7) is 4.03.